The molecule has 1 aliphatic carbocycles. The molecule has 2 atom stereocenters. The maximum atomic E-state index is 9.31. The van der Waals surface area contributed by atoms with E-state index < -0.39 is 0 Å². The first-order valence-corrected chi connectivity index (χ1v) is 5.34. The van der Waals surface area contributed by atoms with Crippen molar-refractivity contribution in [1.29, 1.82) is 0 Å². The van der Waals surface area contributed by atoms with Crippen LogP contribution >= 0.6 is 0 Å². The van der Waals surface area contributed by atoms with Crippen molar-refractivity contribution in [3.63, 3.8) is 0 Å². The van der Waals surface area contributed by atoms with Crippen LogP contribution in [0.4, 0.5) is 0 Å². The van der Waals surface area contributed by atoms with E-state index in [-0.39, 0.29) is 6.10 Å². The molecule has 0 bridgehead atoms. The van der Waals surface area contributed by atoms with Crippen LogP contribution in [0.1, 0.15) is 32.6 Å². The second kappa shape index (κ2) is 3.56. The molecule has 76 valence electrons. The van der Waals surface area contributed by atoms with Crippen LogP contribution in [-0.2, 0) is 0 Å². The average Bonchev–Trinajstić information content (AvgIpc) is 2.44. The van der Waals surface area contributed by atoms with Crippen molar-refractivity contribution in [3.8, 4) is 0 Å². The summed E-state index contributed by atoms with van der Waals surface area (Å²) in [4.78, 5) is 0. The first-order valence-electron chi connectivity index (χ1n) is 5.34. The third-order valence-corrected chi connectivity index (χ3v) is 3.43. The third kappa shape index (κ3) is 2.22. The molecule has 2 fully saturated rings. The Morgan fingerprint density at radius 2 is 2.31 bits per heavy atom. The standard InChI is InChI=1S/C10H20N2O/c1-10(3-2-4-10)12-6-8-5-9(13)7-11-8/h8-9,11-13H,2-7H2,1H3. The summed E-state index contributed by atoms with van der Waals surface area (Å²) in [5.41, 5.74) is 0.398. The van der Waals surface area contributed by atoms with Gasteiger partial charge in [-0.2, -0.15) is 0 Å². The number of hydrogen-bond acceptors (Lipinski definition) is 3. The Kier molecular flexibility index (Phi) is 2.58. The van der Waals surface area contributed by atoms with Crippen molar-refractivity contribution in [2.24, 2.45) is 0 Å². The van der Waals surface area contributed by atoms with Gasteiger partial charge in [0.15, 0.2) is 0 Å². The number of β-amino-alcohol motifs (C(OH)–C–C–N with tert-alkyl or cyclic N) is 1. The lowest BCUT2D eigenvalue weighted by molar-refractivity contribution is 0.185. The molecule has 3 nitrogen and oxygen atoms in total. The van der Waals surface area contributed by atoms with E-state index >= 15 is 0 Å². The fourth-order valence-corrected chi connectivity index (χ4v) is 2.21. The van der Waals surface area contributed by atoms with Crippen LogP contribution in [0.5, 0.6) is 0 Å². The highest BCUT2D eigenvalue weighted by molar-refractivity contribution is 4.93. The molecule has 1 heterocycles. The van der Waals surface area contributed by atoms with Crippen molar-refractivity contribution in [2.75, 3.05) is 13.1 Å². The van der Waals surface area contributed by atoms with Crippen molar-refractivity contribution >= 4 is 0 Å². The molecule has 1 saturated carbocycles. The monoisotopic (exact) mass is 184 g/mol. The summed E-state index contributed by atoms with van der Waals surface area (Å²) < 4.78 is 0. The zero-order valence-corrected chi connectivity index (χ0v) is 8.34. The van der Waals surface area contributed by atoms with Gasteiger partial charge in [-0.15, -0.1) is 0 Å². The van der Waals surface area contributed by atoms with Gasteiger partial charge in [0.2, 0.25) is 0 Å². The van der Waals surface area contributed by atoms with E-state index in [2.05, 4.69) is 17.6 Å². The van der Waals surface area contributed by atoms with Crippen LogP contribution < -0.4 is 10.6 Å². The first-order chi connectivity index (χ1) is 6.18. The average molecular weight is 184 g/mol. The van der Waals surface area contributed by atoms with Crippen molar-refractivity contribution < 1.29 is 5.11 Å². The Bertz CT molecular complexity index is 180. The molecule has 0 amide bonds. The van der Waals surface area contributed by atoms with E-state index in [9.17, 15) is 5.11 Å². The second-order valence-electron chi connectivity index (χ2n) is 4.79. The Morgan fingerprint density at radius 1 is 1.54 bits per heavy atom. The van der Waals surface area contributed by atoms with Gasteiger partial charge in [0.05, 0.1) is 6.10 Å². The van der Waals surface area contributed by atoms with E-state index in [1.807, 2.05) is 0 Å². The molecule has 3 heteroatoms. The maximum Gasteiger partial charge on any atom is 0.0680 e. The van der Waals surface area contributed by atoms with Crippen LogP contribution in [0.25, 0.3) is 0 Å². The topological polar surface area (TPSA) is 44.3 Å². The zero-order valence-electron chi connectivity index (χ0n) is 8.34. The highest BCUT2D eigenvalue weighted by Gasteiger charge is 2.32. The van der Waals surface area contributed by atoms with Gasteiger partial charge in [-0.1, -0.05) is 0 Å². The Labute approximate surface area is 79.9 Å². The molecule has 2 unspecified atom stereocenters. The van der Waals surface area contributed by atoms with Gasteiger partial charge in [-0.05, 0) is 32.6 Å². The van der Waals surface area contributed by atoms with Crippen LogP contribution in [0.15, 0.2) is 0 Å². The van der Waals surface area contributed by atoms with Gasteiger partial charge in [0.1, 0.15) is 0 Å². The molecular weight excluding hydrogens is 164 g/mol. The summed E-state index contributed by atoms with van der Waals surface area (Å²) >= 11 is 0. The molecule has 0 radical (unpaired) electrons. The largest absolute Gasteiger partial charge is 0.392 e. The van der Waals surface area contributed by atoms with Crippen LogP contribution in [0.2, 0.25) is 0 Å². The number of nitrogens with one attached hydrogen (secondary N) is 2. The maximum absolute atomic E-state index is 9.31. The normalized spacial score (nSPS) is 37.4. The summed E-state index contributed by atoms with van der Waals surface area (Å²) in [5, 5.41) is 16.2. The zero-order chi connectivity index (χ0) is 9.31. The Balaban J connectivity index is 1.67. The van der Waals surface area contributed by atoms with Gasteiger partial charge >= 0.3 is 0 Å². The molecule has 0 aromatic carbocycles. The molecule has 0 aromatic rings. The quantitative estimate of drug-likeness (QED) is 0.589. The minimum Gasteiger partial charge on any atom is -0.392 e. The van der Waals surface area contributed by atoms with Crippen LogP contribution in [0.3, 0.4) is 0 Å². The van der Waals surface area contributed by atoms with Crippen LogP contribution in [0, 0.1) is 0 Å². The molecule has 0 spiro atoms. The molecule has 1 aliphatic heterocycles. The predicted molar refractivity (Wildman–Crippen MR) is 52.7 cm³/mol. The predicted octanol–water partition coefficient (Wildman–Crippen LogP) is 0.241. The van der Waals surface area contributed by atoms with Gasteiger partial charge < -0.3 is 15.7 Å². The minimum atomic E-state index is -0.124. The number of hydrogen-bond donors (Lipinski definition) is 3. The van der Waals surface area contributed by atoms with E-state index in [1.54, 1.807) is 0 Å². The van der Waals surface area contributed by atoms with Gasteiger partial charge in [0.25, 0.3) is 0 Å². The summed E-state index contributed by atoms with van der Waals surface area (Å²) in [7, 11) is 0. The molecule has 2 rings (SSSR count). The summed E-state index contributed by atoms with van der Waals surface area (Å²) in [6, 6.07) is 0.479. The van der Waals surface area contributed by atoms with E-state index in [0.29, 0.717) is 11.6 Å². The highest BCUT2D eigenvalue weighted by Crippen LogP contribution is 2.30. The number of aliphatic hydroxyl groups excluding tert-OH is 1. The lowest BCUT2D eigenvalue weighted by Crippen LogP contribution is -2.51. The van der Waals surface area contributed by atoms with Gasteiger partial charge in [-0.25, -0.2) is 0 Å². The molecule has 2 aliphatic rings. The third-order valence-electron chi connectivity index (χ3n) is 3.43. The van der Waals surface area contributed by atoms with Crippen molar-refractivity contribution in [2.45, 2.75) is 50.3 Å². The van der Waals surface area contributed by atoms with E-state index in [4.69, 9.17) is 0 Å². The number of rotatable bonds is 3. The smallest absolute Gasteiger partial charge is 0.0680 e. The van der Waals surface area contributed by atoms with E-state index in [1.165, 1.54) is 19.3 Å². The van der Waals surface area contributed by atoms with Crippen molar-refractivity contribution in [1.82, 2.24) is 10.6 Å². The highest BCUT2D eigenvalue weighted by atomic mass is 16.3. The lowest BCUT2D eigenvalue weighted by atomic mass is 9.78. The van der Waals surface area contributed by atoms with Crippen molar-refractivity contribution in [3.05, 3.63) is 0 Å². The fourth-order valence-electron chi connectivity index (χ4n) is 2.21. The molecule has 13 heavy (non-hydrogen) atoms. The van der Waals surface area contributed by atoms with Gasteiger partial charge in [0, 0.05) is 24.7 Å². The molecule has 1 saturated heterocycles. The first kappa shape index (κ1) is 9.44. The van der Waals surface area contributed by atoms with Crippen LogP contribution in [-0.4, -0.2) is 35.9 Å². The van der Waals surface area contributed by atoms with Gasteiger partial charge in [-0.3, -0.25) is 0 Å². The minimum absolute atomic E-state index is 0.124. The molecule has 3 N–H and O–H groups in total. The summed E-state index contributed by atoms with van der Waals surface area (Å²) in [6.07, 6.45) is 4.76. The number of aliphatic hydroxyl groups is 1. The summed E-state index contributed by atoms with van der Waals surface area (Å²) in [6.45, 7) is 4.07. The Morgan fingerprint density at radius 3 is 2.77 bits per heavy atom. The summed E-state index contributed by atoms with van der Waals surface area (Å²) in [5.74, 6) is 0. The SMILES string of the molecule is CC1(NCC2CC(O)CN2)CCC1. The molecule has 0 aromatic heterocycles. The second-order valence-corrected chi connectivity index (χ2v) is 4.79. The lowest BCUT2D eigenvalue weighted by Gasteiger charge is -2.40. The van der Waals surface area contributed by atoms with E-state index in [0.717, 1.165) is 19.5 Å². The fraction of sp³-hybridized carbons (Fsp3) is 1.00. The molecular formula is C10H20N2O. The Hall–Kier alpha value is -0.120.